The minimum absolute atomic E-state index is 0.350. The van der Waals surface area contributed by atoms with Gasteiger partial charge in [0, 0.05) is 32.0 Å². The van der Waals surface area contributed by atoms with Gasteiger partial charge < -0.3 is 4.90 Å². The highest BCUT2D eigenvalue weighted by molar-refractivity contribution is 7.89. The highest BCUT2D eigenvalue weighted by Crippen LogP contribution is 2.18. The molecule has 1 N–H and O–H groups in total. The zero-order chi connectivity index (χ0) is 19.8. The van der Waals surface area contributed by atoms with E-state index < -0.39 is 10.0 Å². The number of nitrogens with one attached hydrogen (secondary N) is 1. The molecule has 1 saturated heterocycles. The molecule has 1 aromatic carbocycles. The van der Waals surface area contributed by atoms with E-state index in [2.05, 4.69) is 14.7 Å². The molecule has 154 valence electrons. The van der Waals surface area contributed by atoms with Crippen LogP contribution < -0.4 is 4.72 Å². The number of rotatable bonds is 10. The van der Waals surface area contributed by atoms with Gasteiger partial charge in [-0.25, -0.2) is 13.1 Å². The van der Waals surface area contributed by atoms with Gasteiger partial charge >= 0.3 is 0 Å². The SMILES string of the molecule is Cc1ccc(S(=O)(=O)NCC2CCCN(CCCCCn3cccn3)C2)cc1. The Morgan fingerprint density at radius 3 is 2.68 bits per heavy atom. The summed E-state index contributed by atoms with van der Waals surface area (Å²) < 4.78 is 29.8. The molecule has 1 aromatic heterocycles. The highest BCUT2D eigenvalue weighted by atomic mass is 32.2. The predicted octanol–water partition coefficient (Wildman–Crippen LogP) is 3.05. The lowest BCUT2D eigenvalue weighted by molar-refractivity contribution is 0.173. The van der Waals surface area contributed by atoms with Gasteiger partial charge in [-0.2, -0.15) is 5.10 Å². The third kappa shape index (κ3) is 6.43. The molecule has 1 aliphatic heterocycles. The Morgan fingerprint density at radius 1 is 1.14 bits per heavy atom. The van der Waals surface area contributed by atoms with Gasteiger partial charge in [0.1, 0.15) is 0 Å². The van der Waals surface area contributed by atoms with Crippen LogP contribution in [0.25, 0.3) is 0 Å². The number of piperidine rings is 1. The summed E-state index contributed by atoms with van der Waals surface area (Å²) in [5, 5.41) is 4.23. The molecule has 1 aliphatic rings. The number of unbranched alkanes of at least 4 members (excludes halogenated alkanes) is 2. The maximum Gasteiger partial charge on any atom is 0.240 e. The minimum Gasteiger partial charge on any atom is -0.303 e. The van der Waals surface area contributed by atoms with Gasteiger partial charge in [-0.05, 0) is 69.8 Å². The highest BCUT2D eigenvalue weighted by Gasteiger charge is 2.22. The number of hydrogen-bond acceptors (Lipinski definition) is 4. The second kappa shape index (κ2) is 10.2. The molecule has 0 aliphatic carbocycles. The first-order chi connectivity index (χ1) is 13.5. The summed E-state index contributed by atoms with van der Waals surface area (Å²) in [6, 6.07) is 8.98. The number of aryl methyl sites for hydroxylation is 2. The van der Waals surface area contributed by atoms with E-state index in [0.29, 0.717) is 17.4 Å². The van der Waals surface area contributed by atoms with Crippen molar-refractivity contribution in [1.29, 1.82) is 0 Å². The lowest BCUT2D eigenvalue weighted by Gasteiger charge is -2.32. The summed E-state index contributed by atoms with van der Waals surface area (Å²) in [7, 11) is -3.42. The molecule has 7 heteroatoms. The number of aromatic nitrogens is 2. The van der Waals surface area contributed by atoms with Crippen molar-refractivity contribution in [3.05, 3.63) is 48.3 Å². The van der Waals surface area contributed by atoms with Crippen molar-refractivity contribution >= 4 is 10.0 Å². The van der Waals surface area contributed by atoms with Gasteiger partial charge in [-0.1, -0.05) is 24.1 Å². The molecule has 3 rings (SSSR count). The van der Waals surface area contributed by atoms with Gasteiger partial charge in [-0.3, -0.25) is 4.68 Å². The first-order valence-corrected chi connectivity index (χ1v) is 11.8. The molecule has 0 radical (unpaired) electrons. The second-order valence-corrected chi connectivity index (χ2v) is 9.57. The average molecular weight is 405 g/mol. The summed E-state index contributed by atoms with van der Waals surface area (Å²) in [5.41, 5.74) is 1.06. The molecule has 0 bridgehead atoms. The van der Waals surface area contributed by atoms with Crippen molar-refractivity contribution in [2.45, 2.75) is 50.5 Å². The van der Waals surface area contributed by atoms with Gasteiger partial charge in [0.25, 0.3) is 0 Å². The van der Waals surface area contributed by atoms with E-state index >= 15 is 0 Å². The van der Waals surface area contributed by atoms with Crippen LogP contribution in [0, 0.1) is 12.8 Å². The fourth-order valence-corrected chi connectivity index (χ4v) is 4.88. The number of nitrogens with zero attached hydrogens (tertiary/aromatic N) is 3. The van der Waals surface area contributed by atoms with Gasteiger partial charge in [0.2, 0.25) is 10.0 Å². The first kappa shape index (κ1) is 21.0. The molecule has 0 spiro atoms. The molecular formula is C21H32N4O2S. The van der Waals surface area contributed by atoms with Crippen molar-refractivity contribution < 1.29 is 8.42 Å². The zero-order valence-corrected chi connectivity index (χ0v) is 17.6. The monoisotopic (exact) mass is 404 g/mol. The van der Waals surface area contributed by atoms with Crippen molar-refractivity contribution in [2.75, 3.05) is 26.2 Å². The molecule has 1 fully saturated rings. The maximum atomic E-state index is 12.5. The van der Waals surface area contributed by atoms with Crippen molar-refractivity contribution in [2.24, 2.45) is 5.92 Å². The summed E-state index contributed by atoms with van der Waals surface area (Å²) in [4.78, 5) is 2.84. The standard InChI is InChI=1S/C21H32N4O2S/c1-19-8-10-21(11-9-19)28(26,27)23-17-20-7-5-14-24(18-20)13-3-2-4-15-25-16-6-12-22-25/h6,8-12,16,20,23H,2-5,7,13-15,17-18H2,1H3. The van der Waals surface area contributed by atoms with Crippen LogP contribution in [-0.4, -0.2) is 49.3 Å². The molecule has 6 nitrogen and oxygen atoms in total. The van der Waals surface area contributed by atoms with E-state index in [1.54, 1.807) is 12.1 Å². The van der Waals surface area contributed by atoms with E-state index in [1.807, 2.05) is 42.2 Å². The molecular weight excluding hydrogens is 372 g/mol. The van der Waals surface area contributed by atoms with E-state index in [1.165, 1.54) is 12.8 Å². The van der Waals surface area contributed by atoms with Crippen LogP contribution in [0.2, 0.25) is 0 Å². The number of hydrogen-bond donors (Lipinski definition) is 1. The fourth-order valence-electron chi connectivity index (χ4n) is 3.77. The van der Waals surface area contributed by atoms with Crippen LogP contribution in [0.3, 0.4) is 0 Å². The van der Waals surface area contributed by atoms with Crippen LogP contribution in [0.1, 0.15) is 37.7 Å². The molecule has 1 unspecified atom stereocenters. The molecule has 1 atom stereocenters. The second-order valence-electron chi connectivity index (χ2n) is 7.80. The van der Waals surface area contributed by atoms with Crippen LogP contribution in [0.4, 0.5) is 0 Å². The van der Waals surface area contributed by atoms with Crippen molar-refractivity contribution in [3.8, 4) is 0 Å². The number of benzene rings is 1. The Labute approximate surface area is 169 Å². The molecule has 28 heavy (non-hydrogen) atoms. The number of sulfonamides is 1. The Balaban J connectivity index is 1.36. The third-order valence-corrected chi connectivity index (χ3v) is 6.86. The van der Waals surface area contributed by atoms with Gasteiger partial charge in [0.05, 0.1) is 4.90 Å². The Morgan fingerprint density at radius 2 is 1.93 bits per heavy atom. The van der Waals surface area contributed by atoms with Crippen LogP contribution in [0.15, 0.2) is 47.6 Å². The smallest absolute Gasteiger partial charge is 0.240 e. The van der Waals surface area contributed by atoms with E-state index in [9.17, 15) is 8.42 Å². The summed E-state index contributed by atoms with van der Waals surface area (Å²) in [6.07, 6.45) is 9.59. The Kier molecular flexibility index (Phi) is 7.65. The lowest BCUT2D eigenvalue weighted by atomic mass is 9.98. The quantitative estimate of drug-likeness (QED) is 0.618. The minimum atomic E-state index is -3.42. The van der Waals surface area contributed by atoms with Gasteiger partial charge in [-0.15, -0.1) is 0 Å². The Hall–Kier alpha value is -1.70. The number of likely N-dealkylation sites (tertiary alicyclic amines) is 1. The van der Waals surface area contributed by atoms with Crippen LogP contribution >= 0.6 is 0 Å². The molecule has 2 aromatic rings. The van der Waals surface area contributed by atoms with E-state index in [0.717, 1.165) is 51.0 Å². The van der Waals surface area contributed by atoms with Crippen LogP contribution in [-0.2, 0) is 16.6 Å². The van der Waals surface area contributed by atoms with Gasteiger partial charge in [0.15, 0.2) is 0 Å². The topological polar surface area (TPSA) is 67.2 Å². The summed E-state index contributed by atoms with van der Waals surface area (Å²) in [6.45, 7) is 6.66. The molecule has 0 saturated carbocycles. The zero-order valence-electron chi connectivity index (χ0n) is 16.8. The molecule has 2 heterocycles. The van der Waals surface area contributed by atoms with Crippen molar-refractivity contribution in [3.63, 3.8) is 0 Å². The lowest BCUT2D eigenvalue weighted by Crippen LogP contribution is -2.41. The molecule has 0 amide bonds. The normalized spacial score (nSPS) is 18.4. The van der Waals surface area contributed by atoms with E-state index in [-0.39, 0.29) is 0 Å². The third-order valence-electron chi connectivity index (χ3n) is 5.42. The van der Waals surface area contributed by atoms with Crippen LogP contribution in [0.5, 0.6) is 0 Å². The first-order valence-electron chi connectivity index (χ1n) is 10.3. The summed E-state index contributed by atoms with van der Waals surface area (Å²) in [5.74, 6) is 0.387. The van der Waals surface area contributed by atoms with E-state index in [4.69, 9.17) is 0 Å². The fraction of sp³-hybridized carbons (Fsp3) is 0.571. The van der Waals surface area contributed by atoms with Crippen molar-refractivity contribution in [1.82, 2.24) is 19.4 Å². The average Bonchev–Trinajstić information content (AvgIpc) is 3.20. The maximum absolute atomic E-state index is 12.5. The summed E-state index contributed by atoms with van der Waals surface area (Å²) >= 11 is 0. The Bertz CT molecular complexity index is 803. The predicted molar refractivity (Wildman–Crippen MR) is 112 cm³/mol. The largest absolute Gasteiger partial charge is 0.303 e.